The highest BCUT2D eigenvalue weighted by atomic mass is 19.1. The molecule has 0 atom stereocenters. The zero-order valence-electron chi connectivity index (χ0n) is 20.9. The molecule has 6 aromatic rings. The number of fused-ring (bicyclic) bond motifs is 2. The van der Waals surface area contributed by atoms with Gasteiger partial charge in [0, 0.05) is 29.3 Å². The summed E-state index contributed by atoms with van der Waals surface area (Å²) in [6.07, 6.45) is 9.21. The number of rotatable bonds is 5. The quantitative estimate of drug-likeness (QED) is 0.242. The minimum atomic E-state index is -0.277. The van der Waals surface area contributed by atoms with Crippen molar-refractivity contribution in [3.63, 3.8) is 0 Å². The molecule has 0 bridgehead atoms. The molecule has 1 saturated carbocycles. The van der Waals surface area contributed by atoms with Crippen LogP contribution in [0.2, 0.25) is 0 Å². The standard InChI is InChI=1S/C30H24FN7O/c31-20-7-5-17(6-8-20)22-11-12-33-29-23(22)14-26(36-29)28-27-25(37-38-28)10-9-24(35-27)19-13-21(16-32-15-19)34-30(39)18-3-1-2-4-18/h5-16,18H,1-4H2,(H,33,36)(H,34,39)(H,37,38). The van der Waals surface area contributed by atoms with Crippen molar-refractivity contribution in [3.05, 3.63) is 79.0 Å². The molecule has 5 heterocycles. The van der Waals surface area contributed by atoms with Crippen molar-refractivity contribution < 1.29 is 9.18 Å². The van der Waals surface area contributed by atoms with Gasteiger partial charge in [-0.25, -0.2) is 14.4 Å². The molecule has 1 aliphatic carbocycles. The first-order chi connectivity index (χ1) is 19.1. The highest BCUT2D eigenvalue weighted by molar-refractivity contribution is 5.99. The maximum Gasteiger partial charge on any atom is 0.227 e. The Balaban J connectivity index is 1.24. The van der Waals surface area contributed by atoms with E-state index in [2.05, 4.69) is 30.5 Å². The molecule has 0 aliphatic heterocycles. The molecule has 9 heteroatoms. The monoisotopic (exact) mass is 517 g/mol. The van der Waals surface area contributed by atoms with E-state index in [9.17, 15) is 9.18 Å². The molecular weight excluding hydrogens is 493 g/mol. The Hall–Kier alpha value is -4.92. The lowest BCUT2D eigenvalue weighted by Gasteiger charge is -2.11. The van der Waals surface area contributed by atoms with Crippen molar-refractivity contribution in [2.45, 2.75) is 25.7 Å². The molecule has 1 fully saturated rings. The number of nitrogens with one attached hydrogen (secondary N) is 3. The molecule has 0 unspecified atom stereocenters. The normalized spacial score (nSPS) is 13.9. The van der Waals surface area contributed by atoms with Gasteiger partial charge in [0.2, 0.25) is 5.91 Å². The molecule has 8 nitrogen and oxygen atoms in total. The van der Waals surface area contributed by atoms with E-state index in [1.165, 1.54) is 12.1 Å². The van der Waals surface area contributed by atoms with E-state index < -0.39 is 0 Å². The Morgan fingerprint density at radius 2 is 1.82 bits per heavy atom. The van der Waals surface area contributed by atoms with Crippen LogP contribution in [0.25, 0.3) is 55.8 Å². The lowest BCUT2D eigenvalue weighted by Crippen LogP contribution is -2.20. The molecule has 0 radical (unpaired) electrons. The molecule has 1 aromatic carbocycles. The molecule has 0 spiro atoms. The topological polar surface area (TPSA) is 112 Å². The van der Waals surface area contributed by atoms with Crippen LogP contribution in [0.1, 0.15) is 25.7 Å². The Morgan fingerprint density at radius 3 is 2.67 bits per heavy atom. The van der Waals surface area contributed by atoms with E-state index in [4.69, 9.17) is 4.98 Å². The van der Waals surface area contributed by atoms with Crippen LogP contribution in [0, 0.1) is 11.7 Å². The molecule has 5 aromatic heterocycles. The summed E-state index contributed by atoms with van der Waals surface area (Å²) < 4.78 is 13.5. The van der Waals surface area contributed by atoms with Crippen molar-refractivity contribution >= 4 is 33.7 Å². The number of pyridine rings is 3. The van der Waals surface area contributed by atoms with Gasteiger partial charge in [0.1, 0.15) is 22.7 Å². The van der Waals surface area contributed by atoms with Crippen LogP contribution >= 0.6 is 0 Å². The lowest BCUT2D eigenvalue weighted by atomic mass is 10.0. The number of carbonyl (C=O) groups is 1. The predicted octanol–water partition coefficient (Wildman–Crippen LogP) is 6.50. The predicted molar refractivity (Wildman–Crippen MR) is 148 cm³/mol. The molecule has 1 amide bonds. The number of carbonyl (C=O) groups excluding carboxylic acids is 1. The third-order valence-corrected chi connectivity index (χ3v) is 7.38. The van der Waals surface area contributed by atoms with E-state index >= 15 is 0 Å². The number of hydrogen-bond acceptors (Lipinski definition) is 5. The van der Waals surface area contributed by atoms with E-state index in [1.54, 1.807) is 30.7 Å². The van der Waals surface area contributed by atoms with Crippen LogP contribution in [-0.2, 0) is 4.79 Å². The van der Waals surface area contributed by atoms with Gasteiger partial charge >= 0.3 is 0 Å². The molecule has 0 saturated heterocycles. The zero-order chi connectivity index (χ0) is 26.3. The Labute approximate surface area is 222 Å². The van der Waals surface area contributed by atoms with Crippen LogP contribution in [-0.4, -0.2) is 36.0 Å². The molecule has 3 N–H and O–H groups in total. The smallest absolute Gasteiger partial charge is 0.227 e. The fourth-order valence-corrected chi connectivity index (χ4v) is 5.36. The highest BCUT2D eigenvalue weighted by Gasteiger charge is 2.23. The van der Waals surface area contributed by atoms with Crippen LogP contribution < -0.4 is 5.32 Å². The maximum atomic E-state index is 13.5. The summed E-state index contributed by atoms with van der Waals surface area (Å²) in [6.45, 7) is 0. The first-order valence-electron chi connectivity index (χ1n) is 13.0. The number of halogens is 1. The minimum Gasteiger partial charge on any atom is -0.338 e. The second-order valence-corrected chi connectivity index (χ2v) is 9.91. The SMILES string of the molecule is O=C(Nc1cncc(-c2ccc3[nH]nc(-c4cc5c(-c6ccc(F)cc6)ccnc5[nH]4)c3n2)c1)C1CCCC1. The number of benzene rings is 1. The third-order valence-electron chi connectivity index (χ3n) is 7.38. The minimum absolute atomic E-state index is 0.0550. The molecule has 192 valence electrons. The number of hydrogen-bond donors (Lipinski definition) is 3. The number of aromatic amines is 2. The number of amides is 1. The first kappa shape index (κ1) is 23.2. The van der Waals surface area contributed by atoms with Crippen LogP contribution in [0.4, 0.5) is 10.1 Å². The summed E-state index contributed by atoms with van der Waals surface area (Å²) in [5.41, 5.74) is 7.63. The Morgan fingerprint density at radius 1 is 0.974 bits per heavy atom. The van der Waals surface area contributed by atoms with E-state index in [1.807, 2.05) is 30.3 Å². The average molecular weight is 518 g/mol. The van der Waals surface area contributed by atoms with E-state index in [-0.39, 0.29) is 17.6 Å². The van der Waals surface area contributed by atoms with Gasteiger partial charge in [0.05, 0.1) is 28.8 Å². The summed E-state index contributed by atoms with van der Waals surface area (Å²) >= 11 is 0. The van der Waals surface area contributed by atoms with Crippen molar-refractivity contribution in [1.29, 1.82) is 0 Å². The van der Waals surface area contributed by atoms with Gasteiger partial charge in [-0.1, -0.05) is 25.0 Å². The number of aromatic nitrogens is 6. The summed E-state index contributed by atoms with van der Waals surface area (Å²) in [4.78, 5) is 29.7. The van der Waals surface area contributed by atoms with Gasteiger partial charge in [-0.05, 0) is 66.4 Å². The molecule has 1 aliphatic rings. The van der Waals surface area contributed by atoms with Gasteiger partial charge in [-0.2, -0.15) is 5.10 Å². The Bertz CT molecular complexity index is 1830. The third kappa shape index (κ3) is 4.31. The fraction of sp³-hybridized carbons (Fsp3) is 0.167. The van der Waals surface area contributed by atoms with Crippen LogP contribution in [0.5, 0.6) is 0 Å². The highest BCUT2D eigenvalue weighted by Crippen LogP contribution is 2.34. The van der Waals surface area contributed by atoms with Crippen LogP contribution in [0.3, 0.4) is 0 Å². The second-order valence-electron chi connectivity index (χ2n) is 9.91. The summed E-state index contributed by atoms with van der Waals surface area (Å²) in [6, 6.07) is 16.1. The summed E-state index contributed by atoms with van der Waals surface area (Å²) in [5.74, 6) is -0.147. The van der Waals surface area contributed by atoms with Crippen molar-refractivity contribution in [1.82, 2.24) is 30.1 Å². The van der Waals surface area contributed by atoms with Crippen molar-refractivity contribution in [2.75, 3.05) is 5.32 Å². The van der Waals surface area contributed by atoms with Gasteiger partial charge in [-0.15, -0.1) is 0 Å². The first-order valence-corrected chi connectivity index (χ1v) is 13.0. The molecule has 39 heavy (non-hydrogen) atoms. The maximum absolute atomic E-state index is 13.5. The fourth-order valence-electron chi connectivity index (χ4n) is 5.36. The summed E-state index contributed by atoms with van der Waals surface area (Å²) in [5, 5.41) is 11.5. The zero-order valence-corrected chi connectivity index (χ0v) is 20.9. The van der Waals surface area contributed by atoms with Gasteiger partial charge in [0.15, 0.2) is 0 Å². The van der Waals surface area contributed by atoms with Gasteiger partial charge in [-0.3, -0.25) is 14.9 Å². The number of H-pyrrole nitrogens is 2. The lowest BCUT2D eigenvalue weighted by molar-refractivity contribution is -0.119. The molecular formula is C30H24FN7O. The second kappa shape index (κ2) is 9.43. The van der Waals surface area contributed by atoms with E-state index in [0.29, 0.717) is 22.5 Å². The van der Waals surface area contributed by atoms with Gasteiger partial charge < -0.3 is 10.3 Å². The van der Waals surface area contributed by atoms with Crippen molar-refractivity contribution in [2.24, 2.45) is 5.92 Å². The van der Waals surface area contributed by atoms with Crippen molar-refractivity contribution in [3.8, 4) is 33.8 Å². The summed E-state index contributed by atoms with van der Waals surface area (Å²) in [7, 11) is 0. The number of nitrogens with zero attached hydrogens (tertiary/aromatic N) is 4. The Kier molecular flexibility index (Phi) is 5.61. The van der Waals surface area contributed by atoms with Gasteiger partial charge in [0.25, 0.3) is 0 Å². The van der Waals surface area contributed by atoms with Crippen LogP contribution in [0.15, 0.2) is 73.2 Å². The number of anilines is 1. The van der Waals surface area contributed by atoms with E-state index in [0.717, 1.165) is 64.7 Å². The average Bonchev–Trinajstić information content (AvgIpc) is 3.73. The largest absolute Gasteiger partial charge is 0.338 e. The molecule has 7 rings (SSSR count).